The van der Waals surface area contributed by atoms with Gasteiger partial charge < -0.3 is 9.47 Å². The van der Waals surface area contributed by atoms with E-state index in [-0.39, 0.29) is 12.4 Å². The topological polar surface area (TPSA) is 52.8 Å². The first-order valence-electron chi connectivity index (χ1n) is 6.31. The summed E-state index contributed by atoms with van der Waals surface area (Å²) in [5, 5.41) is 0. The van der Waals surface area contributed by atoms with E-state index in [4.69, 9.17) is 9.47 Å². The summed E-state index contributed by atoms with van der Waals surface area (Å²) >= 11 is 1.59. The number of fused-ring (bicyclic) bond motifs is 3. The molecule has 5 nitrogen and oxygen atoms in total. The highest BCUT2D eigenvalue weighted by atomic mass is 32.1. The molecule has 0 bridgehead atoms. The number of aromatic nitrogens is 2. The van der Waals surface area contributed by atoms with Crippen LogP contribution in [0, 0.1) is 0 Å². The molecule has 0 spiro atoms. The van der Waals surface area contributed by atoms with E-state index >= 15 is 0 Å². The van der Waals surface area contributed by atoms with Crippen LogP contribution in [0.15, 0.2) is 24.4 Å². The van der Waals surface area contributed by atoms with Gasteiger partial charge in [-0.25, -0.2) is 4.98 Å². The van der Waals surface area contributed by atoms with Gasteiger partial charge in [0, 0.05) is 12.3 Å². The maximum absolute atomic E-state index is 11.5. The Morgan fingerprint density at radius 2 is 2.30 bits per heavy atom. The molecule has 0 saturated carbocycles. The normalized spacial score (nSPS) is 11.1. The Kier molecular flexibility index (Phi) is 3.31. The molecule has 2 heterocycles. The summed E-state index contributed by atoms with van der Waals surface area (Å²) in [7, 11) is 1.64. The Balaban J connectivity index is 2.00. The van der Waals surface area contributed by atoms with Crippen molar-refractivity contribution in [3.63, 3.8) is 0 Å². The molecule has 3 rings (SSSR count). The molecule has 0 aliphatic carbocycles. The van der Waals surface area contributed by atoms with Crippen LogP contribution in [0.2, 0.25) is 0 Å². The van der Waals surface area contributed by atoms with Crippen molar-refractivity contribution in [3.05, 3.63) is 30.1 Å². The summed E-state index contributed by atoms with van der Waals surface area (Å²) < 4.78 is 13.3. The molecule has 0 N–H and O–H groups in total. The van der Waals surface area contributed by atoms with Crippen LogP contribution in [-0.4, -0.2) is 29.1 Å². The maximum atomic E-state index is 11.5. The van der Waals surface area contributed by atoms with E-state index in [1.807, 2.05) is 28.8 Å². The summed E-state index contributed by atoms with van der Waals surface area (Å²) in [6.45, 7) is 2.19. The fourth-order valence-corrected chi connectivity index (χ4v) is 3.10. The second-order valence-corrected chi connectivity index (χ2v) is 5.31. The highest BCUT2D eigenvalue weighted by Gasteiger charge is 2.12. The lowest BCUT2D eigenvalue weighted by atomic mass is 10.3. The van der Waals surface area contributed by atoms with E-state index in [2.05, 4.69) is 4.98 Å². The zero-order valence-corrected chi connectivity index (χ0v) is 12.1. The van der Waals surface area contributed by atoms with Gasteiger partial charge in [-0.05, 0) is 19.1 Å². The van der Waals surface area contributed by atoms with E-state index in [1.165, 1.54) is 0 Å². The van der Waals surface area contributed by atoms with Gasteiger partial charge in [-0.1, -0.05) is 11.3 Å². The molecule has 6 heteroatoms. The van der Waals surface area contributed by atoms with Crippen molar-refractivity contribution in [1.82, 2.24) is 9.38 Å². The number of carbonyl (C=O) groups excluding carboxylic acids is 1. The first-order chi connectivity index (χ1) is 9.71. The van der Waals surface area contributed by atoms with Crippen molar-refractivity contribution in [3.8, 4) is 5.75 Å². The van der Waals surface area contributed by atoms with Crippen LogP contribution < -0.4 is 4.74 Å². The third kappa shape index (κ3) is 2.22. The molecular weight excluding hydrogens is 276 g/mol. The van der Waals surface area contributed by atoms with Crippen molar-refractivity contribution < 1.29 is 14.3 Å². The molecule has 1 aromatic carbocycles. The second-order valence-electron chi connectivity index (χ2n) is 4.30. The maximum Gasteiger partial charge on any atom is 0.311 e. The SMILES string of the molecule is CCOC(=O)Cc1cn2c(n1)sc1ccc(OC)cc12. The predicted octanol–water partition coefficient (Wildman–Crippen LogP) is 2.66. The Bertz CT molecular complexity index is 775. The molecule has 0 unspecified atom stereocenters. The van der Waals surface area contributed by atoms with Gasteiger partial charge >= 0.3 is 5.97 Å². The van der Waals surface area contributed by atoms with Crippen molar-refractivity contribution in [2.75, 3.05) is 13.7 Å². The first kappa shape index (κ1) is 12.9. The number of hydrogen-bond acceptors (Lipinski definition) is 5. The van der Waals surface area contributed by atoms with Crippen molar-refractivity contribution in [2.45, 2.75) is 13.3 Å². The van der Waals surface area contributed by atoms with Gasteiger partial charge in [-0.3, -0.25) is 9.20 Å². The lowest BCUT2D eigenvalue weighted by Crippen LogP contribution is -2.07. The number of rotatable bonds is 4. The summed E-state index contributed by atoms with van der Waals surface area (Å²) in [6, 6.07) is 5.91. The third-order valence-corrected chi connectivity index (χ3v) is 4.02. The second kappa shape index (κ2) is 5.13. The molecule has 0 aliphatic rings. The number of carbonyl (C=O) groups is 1. The number of ether oxygens (including phenoxy) is 2. The van der Waals surface area contributed by atoms with E-state index in [0.717, 1.165) is 26.6 Å². The largest absolute Gasteiger partial charge is 0.497 e. The highest BCUT2D eigenvalue weighted by Crippen LogP contribution is 2.29. The van der Waals surface area contributed by atoms with E-state index in [1.54, 1.807) is 25.4 Å². The van der Waals surface area contributed by atoms with Gasteiger partial charge in [0.15, 0.2) is 4.96 Å². The Hall–Kier alpha value is -2.08. The highest BCUT2D eigenvalue weighted by molar-refractivity contribution is 7.23. The Morgan fingerprint density at radius 1 is 1.45 bits per heavy atom. The van der Waals surface area contributed by atoms with Gasteiger partial charge in [0.1, 0.15) is 5.75 Å². The molecule has 2 aromatic heterocycles. The number of benzene rings is 1. The molecule has 20 heavy (non-hydrogen) atoms. The van der Waals surface area contributed by atoms with Crippen LogP contribution in [0.1, 0.15) is 12.6 Å². The van der Waals surface area contributed by atoms with Crippen LogP contribution >= 0.6 is 11.3 Å². The van der Waals surface area contributed by atoms with Crippen LogP contribution in [0.25, 0.3) is 15.2 Å². The van der Waals surface area contributed by atoms with Gasteiger partial charge in [-0.2, -0.15) is 0 Å². The molecule has 0 amide bonds. The monoisotopic (exact) mass is 290 g/mol. The number of nitrogens with zero attached hydrogens (tertiary/aromatic N) is 2. The molecule has 0 fully saturated rings. The molecule has 104 valence electrons. The summed E-state index contributed by atoms with van der Waals surface area (Å²) in [4.78, 5) is 16.8. The third-order valence-electron chi connectivity index (χ3n) is 2.98. The lowest BCUT2D eigenvalue weighted by molar-refractivity contribution is -0.142. The number of thiazole rings is 1. The lowest BCUT2D eigenvalue weighted by Gasteiger charge is -1.99. The minimum atomic E-state index is -0.250. The van der Waals surface area contributed by atoms with E-state index in [9.17, 15) is 4.79 Å². The van der Waals surface area contributed by atoms with Gasteiger partial charge in [0.25, 0.3) is 0 Å². The van der Waals surface area contributed by atoms with E-state index < -0.39 is 0 Å². The van der Waals surface area contributed by atoms with Crippen LogP contribution in [-0.2, 0) is 16.0 Å². The minimum Gasteiger partial charge on any atom is -0.497 e. The average Bonchev–Trinajstić information content (AvgIpc) is 2.95. The number of esters is 1. The number of imidazole rings is 1. The minimum absolute atomic E-state index is 0.202. The molecule has 0 radical (unpaired) electrons. The van der Waals surface area contributed by atoms with Crippen LogP contribution in [0.5, 0.6) is 5.75 Å². The summed E-state index contributed by atoms with van der Waals surface area (Å²) in [5.74, 6) is 0.554. The van der Waals surface area contributed by atoms with Crippen molar-refractivity contribution in [1.29, 1.82) is 0 Å². The molecule has 0 atom stereocenters. The Morgan fingerprint density at radius 3 is 3.05 bits per heavy atom. The zero-order valence-electron chi connectivity index (χ0n) is 11.3. The predicted molar refractivity (Wildman–Crippen MR) is 77.5 cm³/mol. The summed E-state index contributed by atoms with van der Waals surface area (Å²) in [5.41, 5.74) is 1.76. The van der Waals surface area contributed by atoms with Crippen LogP contribution in [0.4, 0.5) is 0 Å². The Labute approximate surface area is 119 Å². The average molecular weight is 290 g/mol. The van der Waals surface area contributed by atoms with Gasteiger partial charge in [0.05, 0.1) is 36.0 Å². The van der Waals surface area contributed by atoms with Crippen molar-refractivity contribution in [2.24, 2.45) is 0 Å². The fourth-order valence-electron chi connectivity index (χ4n) is 2.10. The van der Waals surface area contributed by atoms with Crippen molar-refractivity contribution >= 4 is 32.5 Å². The summed E-state index contributed by atoms with van der Waals surface area (Å²) in [6.07, 6.45) is 2.08. The smallest absolute Gasteiger partial charge is 0.311 e. The molecule has 0 saturated heterocycles. The van der Waals surface area contributed by atoms with Crippen LogP contribution in [0.3, 0.4) is 0 Å². The standard InChI is InChI=1S/C14H14N2O3S/c1-3-19-13(17)6-9-8-16-11-7-10(18-2)4-5-12(11)20-14(16)15-9/h4-5,7-8H,3,6H2,1-2H3. The molecule has 0 aliphatic heterocycles. The molecular formula is C14H14N2O3S. The molecule has 3 aromatic rings. The number of hydrogen-bond donors (Lipinski definition) is 0. The fraction of sp³-hybridized carbons (Fsp3) is 0.286. The van der Waals surface area contributed by atoms with Gasteiger partial charge in [-0.15, -0.1) is 0 Å². The first-order valence-corrected chi connectivity index (χ1v) is 7.13. The van der Waals surface area contributed by atoms with E-state index in [0.29, 0.717) is 6.61 Å². The number of methoxy groups -OCH3 is 1. The zero-order chi connectivity index (χ0) is 14.1. The van der Waals surface area contributed by atoms with Gasteiger partial charge in [0.2, 0.25) is 0 Å². The quantitative estimate of drug-likeness (QED) is 0.693.